The Bertz CT molecular complexity index is 1750. The van der Waals surface area contributed by atoms with Crippen LogP contribution >= 0.6 is 23.1 Å². The Morgan fingerprint density at radius 1 is 0.857 bits per heavy atom. The Morgan fingerprint density at radius 3 is 2.31 bits per heavy atom. The van der Waals surface area contributed by atoms with E-state index in [1.807, 2.05) is 13.8 Å². The average molecular weight is 702 g/mol. The molecule has 4 aromatic rings. The van der Waals surface area contributed by atoms with Crippen LogP contribution in [0.5, 0.6) is 17.2 Å². The van der Waals surface area contributed by atoms with Gasteiger partial charge in [0.2, 0.25) is 5.13 Å². The number of carbonyl (C=O) groups is 2. The van der Waals surface area contributed by atoms with Gasteiger partial charge in [0, 0.05) is 11.3 Å². The maximum absolute atomic E-state index is 13.8. The van der Waals surface area contributed by atoms with Crippen molar-refractivity contribution in [2.45, 2.75) is 75.9 Å². The van der Waals surface area contributed by atoms with Crippen LogP contribution in [0.2, 0.25) is 0 Å². The van der Waals surface area contributed by atoms with Gasteiger partial charge in [-0.05, 0) is 74.2 Å². The molecule has 1 aliphatic rings. The van der Waals surface area contributed by atoms with E-state index < -0.39 is 17.7 Å². The minimum atomic E-state index is -0.989. The van der Waals surface area contributed by atoms with Crippen LogP contribution in [-0.4, -0.2) is 46.8 Å². The number of carbonyl (C=O) groups excluding carboxylic acids is 2. The largest absolute Gasteiger partial charge is 0.507 e. The van der Waals surface area contributed by atoms with Crippen molar-refractivity contribution in [3.8, 4) is 17.2 Å². The lowest BCUT2D eigenvalue weighted by Crippen LogP contribution is -2.29. The van der Waals surface area contributed by atoms with E-state index in [1.165, 1.54) is 33.6 Å². The van der Waals surface area contributed by atoms with Crippen molar-refractivity contribution in [3.63, 3.8) is 0 Å². The maximum Gasteiger partial charge on any atom is 0.301 e. The first-order valence-electron chi connectivity index (χ1n) is 16.8. The fraction of sp³-hybridized carbons (Fsp3) is 0.368. The number of anilines is 1. The summed E-state index contributed by atoms with van der Waals surface area (Å²) in [5.41, 5.74) is 3.22. The molecule has 0 radical (unpaired) electrons. The highest BCUT2D eigenvalue weighted by Gasteiger charge is 2.48. The first-order chi connectivity index (χ1) is 23.8. The van der Waals surface area contributed by atoms with Gasteiger partial charge >= 0.3 is 5.91 Å². The second kappa shape index (κ2) is 17.3. The van der Waals surface area contributed by atoms with Crippen LogP contribution in [0, 0.1) is 6.92 Å². The van der Waals surface area contributed by atoms with Gasteiger partial charge in [0.05, 0.1) is 31.4 Å². The highest BCUT2D eigenvalue weighted by molar-refractivity contribution is 8.00. The Kier molecular flexibility index (Phi) is 12.7. The third kappa shape index (κ3) is 8.82. The fourth-order valence-electron chi connectivity index (χ4n) is 5.35. The van der Waals surface area contributed by atoms with Crippen LogP contribution in [0.25, 0.3) is 5.76 Å². The number of aliphatic hydroxyl groups is 1. The lowest BCUT2D eigenvalue weighted by molar-refractivity contribution is -0.132. The van der Waals surface area contributed by atoms with Crippen molar-refractivity contribution in [1.29, 1.82) is 0 Å². The van der Waals surface area contributed by atoms with Crippen LogP contribution < -0.4 is 19.1 Å². The third-order valence-corrected chi connectivity index (χ3v) is 10.1. The molecule has 49 heavy (non-hydrogen) atoms. The number of aliphatic hydroxyl groups excluding tert-OH is 1. The number of aryl methyl sites for hydroxylation is 1. The standard InChI is InChI=1S/C38H43N3O6S2/c1-5-8-10-22-47-30-20-17-28(23-31(30)45-7-3)33-32(34(42)27-15-18-29(19-16-27)46-21-9-6-2)35(43)36(44)41(33)37-39-40-38(49-37)48-24-26-13-11-25(4)12-14-26/h11-20,23,33,42H,5-10,21-22,24H2,1-4H3/t33-/m1/s1. The van der Waals surface area contributed by atoms with Crippen molar-refractivity contribution in [2.24, 2.45) is 0 Å². The molecular formula is C38H43N3O6S2. The summed E-state index contributed by atoms with van der Waals surface area (Å²) in [6.45, 7) is 9.66. The van der Waals surface area contributed by atoms with Crippen LogP contribution in [0.1, 0.15) is 81.2 Å². The first-order valence-corrected chi connectivity index (χ1v) is 18.6. The summed E-state index contributed by atoms with van der Waals surface area (Å²) in [4.78, 5) is 29.0. The van der Waals surface area contributed by atoms with E-state index in [9.17, 15) is 14.7 Å². The molecule has 1 fully saturated rings. The molecule has 0 unspecified atom stereocenters. The summed E-state index contributed by atoms with van der Waals surface area (Å²) in [7, 11) is 0. The number of hydrogen-bond donors (Lipinski definition) is 1. The van der Waals surface area contributed by atoms with Crippen molar-refractivity contribution in [2.75, 3.05) is 24.7 Å². The van der Waals surface area contributed by atoms with Gasteiger partial charge < -0.3 is 19.3 Å². The summed E-state index contributed by atoms with van der Waals surface area (Å²) in [5.74, 6) is 0.491. The van der Waals surface area contributed by atoms with E-state index in [0.717, 1.165) is 37.7 Å². The molecular weight excluding hydrogens is 659 g/mol. The minimum absolute atomic E-state index is 0.0484. The molecule has 1 aliphatic heterocycles. The van der Waals surface area contributed by atoms with Gasteiger partial charge in [-0.1, -0.05) is 92.1 Å². The molecule has 11 heteroatoms. The zero-order chi connectivity index (χ0) is 34.8. The van der Waals surface area contributed by atoms with Crippen molar-refractivity contribution >= 4 is 45.7 Å². The summed E-state index contributed by atoms with van der Waals surface area (Å²) >= 11 is 2.73. The summed E-state index contributed by atoms with van der Waals surface area (Å²) in [5, 5.41) is 20.6. The Labute approximate surface area is 296 Å². The molecule has 2 heterocycles. The highest BCUT2D eigenvalue weighted by Crippen LogP contribution is 2.46. The second-order valence-corrected chi connectivity index (χ2v) is 13.9. The quantitative estimate of drug-likeness (QED) is 0.0288. The van der Waals surface area contributed by atoms with Gasteiger partial charge in [0.25, 0.3) is 5.78 Å². The molecule has 1 N–H and O–H groups in total. The molecule has 1 saturated heterocycles. The summed E-state index contributed by atoms with van der Waals surface area (Å²) in [6.07, 6.45) is 4.97. The van der Waals surface area contributed by atoms with Crippen molar-refractivity contribution in [3.05, 3.63) is 94.6 Å². The number of rotatable bonds is 17. The monoisotopic (exact) mass is 701 g/mol. The Balaban J connectivity index is 1.52. The molecule has 0 spiro atoms. The molecule has 1 atom stereocenters. The summed E-state index contributed by atoms with van der Waals surface area (Å²) < 4.78 is 18.5. The molecule has 3 aromatic carbocycles. The van der Waals surface area contributed by atoms with E-state index in [-0.39, 0.29) is 16.5 Å². The number of aromatic nitrogens is 2. The molecule has 5 rings (SSSR count). The zero-order valence-corrected chi connectivity index (χ0v) is 30.1. The highest BCUT2D eigenvalue weighted by atomic mass is 32.2. The minimum Gasteiger partial charge on any atom is -0.507 e. The second-order valence-electron chi connectivity index (χ2n) is 11.7. The van der Waals surface area contributed by atoms with Gasteiger partial charge in [-0.2, -0.15) is 0 Å². The molecule has 1 aromatic heterocycles. The lowest BCUT2D eigenvalue weighted by atomic mass is 9.95. The van der Waals surface area contributed by atoms with E-state index in [1.54, 1.807) is 42.5 Å². The van der Waals surface area contributed by atoms with Gasteiger partial charge in [0.15, 0.2) is 15.8 Å². The molecule has 1 amide bonds. The number of Topliss-reactive ketones (excluding diaryl/α,β-unsaturated/α-hetero) is 1. The third-order valence-electron chi connectivity index (χ3n) is 8.01. The number of thioether (sulfide) groups is 1. The van der Waals surface area contributed by atoms with Crippen LogP contribution in [-0.2, 0) is 15.3 Å². The van der Waals surface area contributed by atoms with Crippen molar-refractivity contribution in [1.82, 2.24) is 10.2 Å². The average Bonchev–Trinajstić information content (AvgIpc) is 3.68. The number of unbranched alkanes of at least 4 members (excludes halogenated alkanes) is 3. The molecule has 9 nitrogen and oxygen atoms in total. The smallest absolute Gasteiger partial charge is 0.301 e. The Hall–Kier alpha value is -4.35. The number of benzene rings is 3. The number of hydrogen-bond acceptors (Lipinski definition) is 10. The molecule has 0 bridgehead atoms. The fourth-order valence-corrected chi connectivity index (χ4v) is 7.17. The van der Waals surface area contributed by atoms with Gasteiger partial charge in [0.1, 0.15) is 11.5 Å². The normalized spacial score (nSPS) is 15.5. The number of amides is 1. The van der Waals surface area contributed by atoms with E-state index in [2.05, 4.69) is 48.3 Å². The number of ketones is 1. The molecule has 258 valence electrons. The topological polar surface area (TPSA) is 111 Å². The van der Waals surface area contributed by atoms with Crippen LogP contribution in [0.4, 0.5) is 5.13 Å². The van der Waals surface area contributed by atoms with E-state index in [4.69, 9.17) is 14.2 Å². The van der Waals surface area contributed by atoms with E-state index >= 15 is 0 Å². The van der Waals surface area contributed by atoms with E-state index in [0.29, 0.717) is 58.3 Å². The van der Waals surface area contributed by atoms with Gasteiger partial charge in [-0.15, -0.1) is 10.2 Å². The number of nitrogens with zero attached hydrogens (tertiary/aromatic N) is 3. The number of ether oxygens (including phenoxy) is 3. The maximum atomic E-state index is 13.8. The summed E-state index contributed by atoms with van der Waals surface area (Å²) in [6, 6.07) is 19.5. The molecule has 0 aliphatic carbocycles. The van der Waals surface area contributed by atoms with Gasteiger partial charge in [-0.25, -0.2) is 0 Å². The first kappa shape index (κ1) is 35.9. The SMILES string of the molecule is CCCCCOc1ccc([C@@H]2C(=C(O)c3ccc(OCCCC)cc3)C(=O)C(=O)N2c2nnc(SCc3ccc(C)cc3)s2)cc1OCC. The predicted molar refractivity (Wildman–Crippen MR) is 195 cm³/mol. The predicted octanol–water partition coefficient (Wildman–Crippen LogP) is 8.91. The van der Waals surface area contributed by atoms with Crippen LogP contribution in [0.15, 0.2) is 76.6 Å². The van der Waals surface area contributed by atoms with Crippen molar-refractivity contribution < 1.29 is 28.9 Å². The zero-order valence-electron chi connectivity index (χ0n) is 28.4. The molecule has 0 saturated carbocycles. The van der Waals surface area contributed by atoms with Crippen LogP contribution in [0.3, 0.4) is 0 Å². The van der Waals surface area contributed by atoms with Gasteiger partial charge in [-0.3, -0.25) is 14.5 Å². The Morgan fingerprint density at radius 2 is 1.59 bits per heavy atom. The lowest BCUT2D eigenvalue weighted by Gasteiger charge is -2.23.